The van der Waals surface area contributed by atoms with Gasteiger partial charge in [0.2, 0.25) is 5.95 Å². The summed E-state index contributed by atoms with van der Waals surface area (Å²) in [4.78, 5) is 9.22. The Balaban J connectivity index is 1.92. The molecule has 0 spiro atoms. The van der Waals surface area contributed by atoms with Crippen LogP contribution in [0.1, 0.15) is 18.7 Å². The van der Waals surface area contributed by atoms with Gasteiger partial charge < -0.3 is 15.2 Å². The number of anilines is 1. The Kier molecular flexibility index (Phi) is 4.20. The molecule has 0 radical (unpaired) electrons. The number of ether oxygens (including phenoxy) is 2. The molecule has 0 fully saturated rings. The predicted octanol–water partition coefficient (Wildman–Crippen LogP) is 3.49. The quantitative estimate of drug-likeness (QED) is 0.680. The first kappa shape index (κ1) is 16.7. The molecular weight excluding hydrogens is 398 g/mol. The van der Waals surface area contributed by atoms with Gasteiger partial charge in [0.15, 0.2) is 23.6 Å². The average molecular weight is 416 g/mol. The summed E-state index contributed by atoms with van der Waals surface area (Å²) in [7, 11) is 1.62. The molecule has 0 saturated heterocycles. The fraction of sp³-hybridized carbons (Fsp3) is 0.222. The molecule has 0 amide bonds. The molecule has 26 heavy (non-hydrogen) atoms. The molecule has 3 aromatic rings. The fourth-order valence-corrected chi connectivity index (χ4v) is 3.76. The number of nitrogens with two attached hydrogens (primary N) is 1. The number of para-hydroxylation sites is 2. The Morgan fingerprint density at radius 1 is 1.31 bits per heavy atom. The first-order chi connectivity index (χ1) is 12.6. The van der Waals surface area contributed by atoms with Gasteiger partial charge in [-0.3, -0.25) is 9.88 Å². The van der Waals surface area contributed by atoms with Gasteiger partial charge in [-0.15, -0.1) is 0 Å². The summed E-state index contributed by atoms with van der Waals surface area (Å²) in [6, 6.07) is 11.8. The van der Waals surface area contributed by atoms with E-state index in [2.05, 4.69) is 31.2 Å². The maximum atomic E-state index is 6.01. The molecule has 8 heteroatoms. The van der Waals surface area contributed by atoms with Crippen molar-refractivity contribution in [3.63, 3.8) is 0 Å². The Bertz CT molecular complexity index is 1010. The van der Waals surface area contributed by atoms with Crippen LogP contribution in [0.3, 0.4) is 0 Å². The highest BCUT2D eigenvalue weighted by Crippen LogP contribution is 2.41. The molecule has 7 nitrogen and oxygen atoms in total. The third kappa shape index (κ3) is 2.66. The zero-order valence-electron chi connectivity index (χ0n) is 14.4. The Hall–Kier alpha value is -2.74. The van der Waals surface area contributed by atoms with Crippen molar-refractivity contribution < 1.29 is 9.47 Å². The van der Waals surface area contributed by atoms with Gasteiger partial charge >= 0.3 is 0 Å². The highest BCUT2D eigenvalue weighted by atomic mass is 79.9. The minimum atomic E-state index is -0.361. The smallest absolute Gasteiger partial charge is 0.212 e. The Labute approximate surface area is 159 Å². The molecule has 2 heterocycles. The van der Waals surface area contributed by atoms with Crippen LogP contribution in [-0.2, 0) is 0 Å². The number of benzene rings is 2. The molecule has 2 aromatic carbocycles. The molecule has 134 valence electrons. The maximum absolute atomic E-state index is 6.01. The van der Waals surface area contributed by atoms with Crippen molar-refractivity contribution in [2.45, 2.75) is 13.1 Å². The van der Waals surface area contributed by atoms with Crippen molar-refractivity contribution in [1.29, 1.82) is 0 Å². The summed E-state index contributed by atoms with van der Waals surface area (Å²) in [6.45, 7) is 2.46. The lowest BCUT2D eigenvalue weighted by molar-refractivity contribution is 0.309. The van der Waals surface area contributed by atoms with Crippen molar-refractivity contribution in [3.05, 3.63) is 46.4 Å². The van der Waals surface area contributed by atoms with Crippen LogP contribution in [-0.4, -0.2) is 29.2 Å². The number of imidazole rings is 1. The maximum Gasteiger partial charge on any atom is 0.212 e. The number of hydrogen-bond acceptors (Lipinski definition) is 6. The second kappa shape index (κ2) is 6.53. The van der Waals surface area contributed by atoms with Crippen LogP contribution in [0, 0.1) is 0 Å². The first-order valence-corrected chi connectivity index (χ1v) is 8.99. The molecule has 1 aliphatic heterocycles. The molecule has 4 rings (SSSR count). The molecule has 3 N–H and O–H groups in total. The van der Waals surface area contributed by atoms with E-state index in [1.165, 1.54) is 0 Å². The second-order valence-electron chi connectivity index (χ2n) is 5.77. The normalized spacial score (nSPS) is 16.0. The zero-order chi connectivity index (χ0) is 18.3. The molecule has 1 aromatic heterocycles. The summed E-state index contributed by atoms with van der Waals surface area (Å²) in [6.07, 6.45) is -0.361. The SMILES string of the molecule is CCOc1cc([C@@H]2N=C(N)Nc3nc4ccccc4n32)cc(Br)c1OC. The number of rotatable bonds is 4. The summed E-state index contributed by atoms with van der Waals surface area (Å²) in [5, 5.41) is 3.04. The molecular formula is C18H18BrN5O2. The summed E-state index contributed by atoms with van der Waals surface area (Å²) in [5.74, 6) is 2.28. The minimum Gasteiger partial charge on any atom is -0.492 e. The molecule has 0 saturated carbocycles. The van der Waals surface area contributed by atoms with Gasteiger partial charge in [0.05, 0.1) is 29.2 Å². The van der Waals surface area contributed by atoms with E-state index in [1.807, 2.05) is 47.9 Å². The van der Waals surface area contributed by atoms with E-state index in [4.69, 9.17) is 15.2 Å². The number of methoxy groups -OCH3 is 1. The van der Waals surface area contributed by atoms with Gasteiger partial charge in [-0.25, -0.2) is 9.98 Å². The highest BCUT2D eigenvalue weighted by Gasteiger charge is 2.26. The van der Waals surface area contributed by atoms with Crippen LogP contribution in [0.15, 0.2) is 45.9 Å². The average Bonchev–Trinajstić information content (AvgIpc) is 2.99. The number of aliphatic imine (C=N–C) groups is 1. The molecule has 1 aliphatic rings. The van der Waals surface area contributed by atoms with Crippen molar-refractivity contribution in [1.82, 2.24) is 9.55 Å². The van der Waals surface area contributed by atoms with Crippen LogP contribution < -0.4 is 20.5 Å². The molecule has 0 bridgehead atoms. The lowest BCUT2D eigenvalue weighted by Crippen LogP contribution is -2.31. The van der Waals surface area contributed by atoms with Gasteiger partial charge in [-0.05, 0) is 47.1 Å². The van der Waals surface area contributed by atoms with Crippen molar-refractivity contribution in [3.8, 4) is 11.5 Å². The summed E-state index contributed by atoms with van der Waals surface area (Å²) in [5.41, 5.74) is 8.77. The van der Waals surface area contributed by atoms with Crippen molar-refractivity contribution >= 4 is 38.9 Å². The largest absolute Gasteiger partial charge is 0.492 e. The van der Waals surface area contributed by atoms with Crippen LogP contribution in [0.25, 0.3) is 11.0 Å². The first-order valence-electron chi connectivity index (χ1n) is 8.20. The standard InChI is InChI=1S/C18H18BrN5O2/c1-3-26-14-9-10(8-11(19)15(14)25-2)16-22-17(20)23-18-21-12-6-4-5-7-13(12)24(16)18/h4-9,16H,3H2,1-2H3,(H3,20,21,22,23)/t16-/m1/s1. The van der Waals surface area contributed by atoms with E-state index < -0.39 is 0 Å². The molecule has 0 aliphatic carbocycles. The number of hydrogen-bond donors (Lipinski definition) is 2. The van der Waals surface area contributed by atoms with E-state index in [1.54, 1.807) is 7.11 Å². The zero-order valence-corrected chi connectivity index (χ0v) is 15.9. The lowest BCUT2D eigenvalue weighted by Gasteiger charge is -2.25. The Morgan fingerprint density at radius 2 is 2.12 bits per heavy atom. The lowest BCUT2D eigenvalue weighted by atomic mass is 10.1. The predicted molar refractivity (Wildman–Crippen MR) is 105 cm³/mol. The van der Waals surface area contributed by atoms with Gasteiger partial charge in [-0.2, -0.15) is 0 Å². The highest BCUT2D eigenvalue weighted by molar-refractivity contribution is 9.10. The molecule has 0 unspecified atom stereocenters. The van der Waals surface area contributed by atoms with Gasteiger partial charge in [-0.1, -0.05) is 12.1 Å². The van der Waals surface area contributed by atoms with Crippen molar-refractivity contribution in [2.75, 3.05) is 19.0 Å². The van der Waals surface area contributed by atoms with Gasteiger partial charge in [0.25, 0.3) is 0 Å². The second-order valence-corrected chi connectivity index (χ2v) is 6.63. The topological polar surface area (TPSA) is 86.7 Å². The summed E-state index contributed by atoms with van der Waals surface area (Å²) < 4.78 is 14.0. The van der Waals surface area contributed by atoms with Crippen molar-refractivity contribution in [2.24, 2.45) is 10.7 Å². The number of guanidine groups is 1. The third-order valence-corrected chi connectivity index (χ3v) is 4.76. The van der Waals surface area contributed by atoms with E-state index in [0.29, 0.717) is 30.0 Å². The fourth-order valence-electron chi connectivity index (χ4n) is 3.14. The van der Waals surface area contributed by atoms with E-state index >= 15 is 0 Å². The Morgan fingerprint density at radius 3 is 2.88 bits per heavy atom. The van der Waals surface area contributed by atoms with Crippen LogP contribution in [0.4, 0.5) is 5.95 Å². The number of fused-ring (bicyclic) bond motifs is 3. The van der Waals surface area contributed by atoms with E-state index in [-0.39, 0.29) is 6.17 Å². The van der Waals surface area contributed by atoms with E-state index in [9.17, 15) is 0 Å². The van der Waals surface area contributed by atoms with Gasteiger partial charge in [0.1, 0.15) is 0 Å². The number of aromatic nitrogens is 2. The monoisotopic (exact) mass is 415 g/mol. The van der Waals surface area contributed by atoms with Crippen LogP contribution in [0.5, 0.6) is 11.5 Å². The van der Waals surface area contributed by atoms with Crippen LogP contribution >= 0.6 is 15.9 Å². The number of nitrogens with one attached hydrogen (secondary N) is 1. The van der Waals surface area contributed by atoms with Gasteiger partial charge in [0, 0.05) is 5.56 Å². The number of halogens is 1. The molecule has 1 atom stereocenters. The number of nitrogens with zero attached hydrogens (tertiary/aromatic N) is 3. The van der Waals surface area contributed by atoms with E-state index in [0.717, 1.165) is 21.1 Å². The minimum absolute atomic E-state index is 0.322. The summed E-state index contributed by atoms with van der Waals surface area (Å²) >= 11 is 3.57. The van der Waals surface area contributed by atoms with Crippen LogP contribution in [0.2, 0.25) is 0 Å². The third-order valence-electron chi connectivity index (χ3n) is 4.18.